The van der Waals surface area contributed by atoms with Gasteiger partial charge in [0.15, 0.2) is 11.5 Å². The van der Waals surface area contributed by atoms with Crippen LogP contribution in [-0.2, 0) is 13.0 Å². The molecule has 0 aliphatic carbocycles. The normalized spacial score (nSPS) is 10.8. The van der Waals surface area contributed by atoms with E-state index >= 15 is 0 Å². The molecule has 4 aromatic rings. The van der Waals surface area contributed by atoms with Crippen molar-refractivity contribution >= 4 is 16.8 Å². The number of hydrogen-bond acceptors (Lipinski definition) is 5. The van der Waals surface area contributed by atoms with E-state index in [-0.39, 0.29) is 5.91 Å². The van der Waals surface area contributed by atoms with Gasteiger partial charge in [-0.05, 0) is 79.8 Å². The Morgan fingerprint density at radius 1 is 0.895 bits per heavy atom. The van der Waals surface area contributed by atoms with Crippen molar-refractivity contribution in [1.82, 2.24) is 9.88 Å². The second-order valence-electron chi connectivity index (χ2n) is 9.03. The molecule has 4 rings (SSSR count). The molecule has 0 bridgehead atoms. The lowest BCUT2D eigenvalue weighted by molar-refractivity contribution is 0.0740. The Balaban J connectivity index is 1.52. The lowest BCUT2D eigenvalue weighted by Crippen LogP contribution is -2.31. The highest BCUT2D eigenvalue weighted by atomic mass is 16.5. The monoisotopic (exact) mass is 516 g/mol. The molecule has 38 heavy (non-hydrogen) atoms. The molecular weight excluding hydrogens is 480 g/mol. The topological polar surface area (TPSA) is 73.0 Å². The van der Waals surface area contributed by atoms with E-state index in [0.717, 1.165) is 36.1 Å². The van der Waals surface area contributed by atoms with Gasteiger partial charge in [0.05, 0.1) is 27.9 Å². The highest BCUT2D eigenvalue weighted by molar-refractivity contribution is 5.94. The van der Waals surface area contributed by atoms with Crippen LogP contribution >= 0.6 is 0 Å². The zero-order valence-electron chi connectivity index (χ0n) is 22.6. The molecule has 1 aromatic heterocycles. The standard InChI is InChI=1S/C31H36N2O5/c1-5-38-25-15-13-23(14-16-25)31(34)33(21-22-18-28(35-2)30(37-4)29(19-22)36-3)17-9-8-10-24-20-32-27-12-7-6-11-26(24)27/h6-7,11-16,18-20,32H,5,8-10,17,21H2,1-4H3. The summed E-state index contributed by atoms with van der Waals surface area (Å²) < 4.78 is 22.1. The number of nitrogens with one attached hydrogen (secondary N) is 1. The van der Waals surface area contributed by atoms with Crippen molar-refractivity contribution in [2.24, 2.45) is 0 Å². The first-order valence-electron chi connectivity index (χ1n) is 12.9. The number of aromatic amines is 1. The van der Waals surface area contributed by atoms with Crippen LogP contribution in [0.3, 0.4) is 0 Å². The highest BCUT2D eigenvalue weighted by Gasteiger charge is 2.19. The van der Waals surface area contributed by atoms with Crippen molar-refractivity contribution in [1.29, 1.82) is 0 Å². The lowest BCUT2D eigenvalue weighted by atomic mass is 10.1. The molecule has 7 nitrogen and oxygen atoms in total. The Bertz CT molecular complexity index is 1320. The van der Waals surface area contributed by atoms with Crippen LogP contribution in [0.5, 0.6) is 23.0 Å². The maximum Gasteiger partial charge on any atom is 0.254 e. The predicted molar refractivity (Wildman–Crippen MR) is 150 cm³/mol. The van der Waals surface area contributed by atoms with Gasteiger partial charge < -0.3 is 28.8 Å². The number of methoxy groups -OCH3 is 3. The van der Waals surface area contributed by atoms with E-state index in [1.807, 2.05) is 54.3 Å². The van der Waals surface area contributed by atoms with Crippen molar-refractivity contribution in [2.75, 3.05) is 34.5 Å². The minimum absolute atomic E-state index is 0.0334. The molecule has 0 fully saturated rings. The van der Waals surface area contributed by atoms with Crippen LogP contribution in [0, 0.1) is 0 Å². The first-order chi connectivity index (χ1) is 18.6. The van der Waals surface area contributed by atoms with Crippen molar-refractivity contribution in [3.8, 4) is 23.0 Å². The first kappa shape index (κ1) is 26.9. The molecule has 200 valence electrons. The third kappa shape index (κ3) is 6.22. The fraction of sp³-hybridized carbons (Fsp3) is 0.323. The Kier molecular flexibility index (Phi) is 9.14. The van der Waals surface area contributed by atoms with Crippen LogP contribution in [0.25, 0.3) is 10.9 Å². The Morgan fingerprint density at radius 3 is 2.26 bits per heavy atom. The molecule has 0 unspecified atom stereocenters. The third-order valence-electron chi connectivity index (χ3n) is 6.60. The third-order valence-corrected chi connectivity index (χ3v) is 6.60. The minimum atomic E-state index is -0.0334. The number of carbonyl (C=O) groups is 1. The summed E-state index contributed by atoms with van der Waals surface area (Å²) in [6.07, 6.45) is 4.86. The number of unbranched alkanes of at least 4 members (excludes halogenated alkanes) is 1. The number of fused-ring (bicyclic) bond motifs is 1. The molecule has 0 radical (unpaired) electrons. The van der Waals surface area contributed by atoms with E-state index < -0.39 is 0 Å². The van der Waals surface area contributed by atoms with Gasteiger partial charge in [0, 0.05) is 35.8 Å². The summed E-state index contributed by atoms with van der Waals surface area (Å²) in [6.45, 7) is 3.55. The number of amides is 1. The van der Waals surface area contributed by atoms with Crippen LogP contribution in [0.2, 0.25) is 0 Å². The largest absolute Gasteiger partial charge is 0.494 e. The Labute approximate surface area is 224 Å². The summed E-state index contributed by atoms with van der Waals surface area (Å²) >= 11 is 0. The molecule has 1 amide bonds. The number of H-pyrrole nitrogens is 1. The van der Waals surface area contributed by atoms with Gasteiger partial charge in [-0.15, -0.1) is 0 Å². The minimum Gasteiger partial charge on any atom is -0.494 e. The SMILES string of the molecule is CCOc1ccc(C(=O)N(CCCCc2c[nH]c3ccccc23)Cc2cc(OC)c(OC)c(OC)c2)cc1. The van der Waals surface area contributed by atoms with Crippen LogP contribution in [0.15, 0.2) is 66.9 Å². The molecule has 7 heteroatoms. The molecule has 0 saturated carbocycles. The van der Waals surface area contributed by atoms with Crippen LogP contribution in [0.4, 0.5) is 0 Å². The van der Waals surface area contributed by atoms with Gasteiger partial charge in [-0.1, -0.05) is 18.2 Å². The van der Waals surface area contributed by atoms with Gasteiger partial charge >= 0.3 is 0 Å². The van der Waals surface area contributed by atoms with E-state index in [9.17, 15) is 4.79 Å². The van der Waals surface area contributed by atoms with Crippen molar-refractivity contribution in [2.45, 2.75) is 32.7 Å². The number of ether oxygens (including phenoxy) is 4. The maximum atomic E-state index is 13.6. The van der Waals surface area contributed by atoms with Gasteiger partial charge in [-0.3, -0.25) is 4.79 Å². The van der Waals surface area contributed by atoms with Crippen LogP contribution < -0.4 is 18.9 Å². The van der Waals surface area contributed by atoms with E-state index in [1.54, 1.807) is 21.3 Å². The first-order valence-corrected chi connectivity index (χ1v) is 12.9. The van der Waals surface area contributed by atoms with Crippen LogP contribution in [0.1, 0.15) is 41.3 Å². The van der Waals surface area contributed by atoms with Crippen molar-refractivity contribution < 1.29 is 23.7 Å². The fourth-order valence-corrected chi connectivity index (χ4v) is 4.70. The molecule has 0 aliphatic heterocycles. The second-order valence-corrected chi connectivity index (χ2v) is 9.03. The van der Waals surface area contributed by atoms with E-state index in [1.165, 1.54) is 10.9 Å². The maximum absolute atomic E-state index is 13.6. The van der Waals surface area contributed by atoms with E-state index in [0.29, 0.717) is 42.5 Å². The lowest BCUT2D eigenvalue weighted by Gasteiger charge is -2.24. The van der Waals surface area contributed by atoms with Crippen LogP contribution in [-0.4, -0.2) is 50.3 Å². The number of para-hydroxylation sites is 1. The molecule has 0 saturated heterocycles. The average Bonchev–Trinajstić information content (AvgIpc) is 3.37. The number of nitrogens with zero attached hydrogens (tertiary/aromatic N) is 1. The quantitative estimate of drug-likeness (QED) is 0.212. The second kappa shape index (κ2) is 12.9. The van der Waals surface area contributed by atoms with E-state index in [4.69, 9.17) is 18.9 Å². The zero-order valence-corrected chi connectivity index (χ0v) is 22.6. The molecule has 3 aromatic carbocycles. The predicted octanol–water partition coefficient (Wildman–Crippen LogP) is 6.26. The highest BCUT2D eigenvalue weighted by Crippen LogP contribution is 2.38. The molecule has 0 spiro atoms. The van der Waals surface area contributed by atoms with E-state index in [2.05, 4.69) is 29.4 Å². The van der Waals surface area contributed by atoms with Crippen molar-refractivity contribution in [3.63, 3.8) is 0 Å². The smallest absolute Gasteiger partial charge is 0.254 e. The number of aryl methyl sites for hydroxylation is 1. The Morgan fingerprint density at radius 2 is 1.61 bits per heavy atom. The van der Waals surface area contributed by atoms with Gasteiger partial charge in [-0.25, -0.2) is 0 Å². The summed E-state index contributed by atoms with van der Waals surface area (Å²) in [5, 5.41) is 1.26. The molecule has 1 heterocycles. The number of rotatable bonds is 13. The number of carbonyl (C=O) groups excluding carboxylic acids is 1. The zero-order chi connectivity index (χ0) is 26.9. The summed E-state index contributed by atoms with van der Waals surface area (Å²) in [4.78, 5) is 18.9. The number of aromatic nitrogens is 1. The van der Waals surface area contributed by atoms with Gasteiger partial charge in [0.2, 0.25) is 5.75 Å². The molecule has 1 N–H and O–H groups in total. The van der Waals surface area contributed by atoms with Gasteiger partial charge in [0.1, 0.15) is 5.75 Å². The van der Waals surface area contributed by atoms with Gasteiger partial charge in [-0.2, -0.15) is 0 Å². The molecule has 0 aliphatic rings. The number of hydrogen-bond donors (Lipinski definition) is 1. The molecule has 0 atom stereocenters. The summed E-state index contributed by atoms with van der Waals surface area (Å²) in [5.41, 5.74) is 3.97. The van der Waals surface area contributed by atoms with Crippen molar-refractivity contribution in [3.05, 3.63) is 83.6 Å². The molecular formula is C31H36N2O5. The summed E-state index contributed by atoms with van der Waals surface area (Å²) in [5.74, 6) is 2.37. The number of benzene rings is 3. The Hall–Kier alpha value is -4.13. The summed E-state index contributed by atoms with van der Waals surface area (Å²) in [7, 11) is 4.76. The average molecular weight is 517 g/mol. The van der Waals surface area contributed by atoms with Gasteiger partial charge in [0.25, 0.3) is 5.91 Å². The fourth-order valence-electron chi connectivity index (χ4n) is 4.70. The summed E-state index contributed by atoms with van der Waals surface area (Å²) in [6, 6.07) is 19.4.